The highest BCUT2D eigenvalue weighted by molar-refractivity contribution is 9.10. The molecule has 2 N–H and O–H groups in total. The van der Waals surface area contributed by atoms with Gasteiger partial charge in [-0.05, 0) is 60.0 Å². The fourth-order valence-electron chi connectivity index (χ4n) is 4.90. The van der Waals surface area contributed by atoms with Gasteiger partial charge in [-0.25, -0.2) is 0 Å². The predicted molar refractivity (Wildman–Crippen MR) is 166 cm³/mol. The number of halogens is 4. The third-order valence-electron chi connectivity index (χ3n) is 7.20. The summed E-state index contributed by atoms with van der Waals surface area (Å²) >= 11 is 4.89. The van der Waals surface area contributed by atoms with Crippen LogP contribution in [0.1, 0.15) is 38.8 Å². The Bertz CT molecular complexity index is 1610. The second kappa shape index (κ2) is 13.4. The lowest BCUT2D eigenvalue weighted by atomic mass is 10.0. The molecule has 1 aliphatic rings. The highest BCUT2D eigenvalue weighted by Gasteiger charge is 2.34. The third-order valence-corrected chi connectivity index (χ3v) is 8.58. The first kappa shape index (κ1) is 30.9. The monoisotopic (exact) mass is 671 g/mol. The van der Waals surface area contributed by atoms with Crippen LogP contribution >= 0.6 is 27.3 Å². The van der Waals surface area contributed by atoms with E-state index >= 15 is 0 Å². The Labute approximate surface area is 259 Å². The predicted octanol–water partition coefficient (Wildman–Crippen LogP) is 7.23. The van der Waals surface area contributed by atoms with Crippen molar-refractivity contribution in [1.29, 1.82) is 0 Å². The Hall–Kier alpha value is -3.58. The van der Waals surface area contributed by atoms with Crippen molar-refractivity contribution >= 4 is 50.5 Å². The van der Waals surface area contributed by atoms with Crippen LogP contribution in [0.15, 0.2) is 76.8 Å². The molecule has 7 nitrogen and oxygen atoms in total. The molecule has 224 valence electrons. The number of carbonyl (C=O) groups excluding carboxylic acids is 2. The quantitative estimate of drug-likeness (QED) is 0.207. The van der Waals surface area contributed by atoms with E-state index in [4.69, 9.17) is 0 Å². The third kappa shape index (κ3) is 7.88. The number of nitrogens with one attached hydrogen (secondary N) is 2. The van der Waals surface area contributed by atoms with Crippen LogP contribution in [0, 0.1) is 0 Å². The van der Waals surface area contributed by atoms with Crippen LogP contribution in [0.25, 0.3) is 10.4 Å². The molecule has 4 aromatic rings. The van der Waals surface area contributed by atoms with Crippen molar-refractivity contribution < 1.29 is 22.8 Å². The van der Waals surface area contributed by atoms with E-state index < -0.39 is 23.6 Å². The Kier molecular flexibility index (Phi) is 9.60. The smallest absolute Gasteiger partial charge is 0.322 e. The number of anilines is 2. The van der Waals surface area contributed by atoms with Crippen LogP contribution in [0.2, 0.25) is 0 Å². The summed E-state index contributed by atoms with van der Waals surface area (Å²) in [4.78, 5) is 35.5. The summed E-state index contributed by atoms with van der Waals surface area (Å²) in [7, 11) is 0. The maximum Gasteiger partial charge on any atom is 0.416 e. The first-order valence-corrected chi connectivity index (χ1v) is 15.3. The molecule has 3 heterocycles. The number of piperazine rings is 1. The summed E-state index contributed by atoms with van der Waals surface area (Å²) in [5, 5.41) is 7.28. The van der Waals surface area contributed by atoms with Gasteiger partial charge in [0.2, 0.25) is 0 Å². The van der Waals surface area contributed by atoms with Gasteiger partial charge in [0.1, 0.15) is 0 Å². The number of alkyl halides is 3. The van der Waals surface area contributed by atoms with Gasteiger partial charge >= 0.3 is 6.18 Å². The number of rotatable bonds is 8. The Morgan fingerprint density at radius 2 is 1.63 bits per heavy atom. The maximum atomic E-state index is 14.0. The number of aromatic nitrogens is 1. The first-order valence-electron chi connectivity index (χ1n) is 13.7. The van der Waals surface area contributed by atoms with Crippen molar-refractivity contribution in [3.63, 3.8) is 0 Å². The van der Waals surface area contributed by atoms with E-state index in [1.807, 2.05) is 22.4 Å². The van der Waals surface area contributed by atoms with E-state index in [9.17, 15) is 22.8 Å². The molecule has 0 bridgehead atoms. The largest absolute Gasteiger partial charge is 0.416 e. The van der Waals surface area contributed by atoms with Gasteiger partial charge < -0.3 is 15.5 Å². The number of pyridine rings is 1. The van der Waals surface area contributed by atoms with Crippen LogP contribution in [-0.2, 0) is 12.7 Å². The summed E-state index contributed by atoms with van der Waals surface area (Å²) in [6.07, 6.45) is -1.45. The SMILES string of the molecule is CCN1CCN(Cc2ccc(NC(=O)c3cc(Br)cc(NC(=O)c4cncc(-c5cccs5)c4)c3)cc2C(F)(F)F)CC1. The normalized spacial score (nSPS) is 14.4. The van der Waals surface area contributed by atoms with Crippen LogP contribution in [0.3, 0.4) is 0 Å². The number of nitrogens with zero attached hydrogens (tertiary/aromatic N) is 3. The number of thiophene rings is 1. The zero-order chi connectivity index (χ0) is 30.6. The number of amides is 2. The lowest BCUT2D eigenvalue weighted by Gasteiger charge is -2.34. The fourth-order valence-corrected chi connectivity index (χ4v) is 6.10. The zero-order valence-electron chi connectivity index (χ0n) is 23.2. The Morgan fingerprint density at radius 3 is 2.33 bits per heavy atom. The number of hydrogen-bond acceptors (Lipinski definition) is 6. The fraction of sp³-hybridized carbons (Fsp3) is 0.258. The topological polar surface area (TPSA) is 77.6 Å². The lowest BCUT2D eigenvalue weighted by Crippen LogP contribution is -2.45. The molecule has 0 unspecified atom stereocenters. The summed E-state index contributed by atoms with van der Waals surface area (Å²) in [5.41, 5.74) is 1.05. The summed E-state index contributed by atoms with van der Waals surface area (Å²) in [5.74, 6) is -1.04. The van der Waals surface area contributed by atoms with E-state index in [1.54, 1.807) is 18.3 Å². The molecular formula is C31H29BrF3N5O2S. The number of benzene rings is 2. The first-order chi connectivity index (χ1) is 20.6. The van der Waals surface area contributed by atoms with Crippen molar-refractivity contribution in [3.8, 4) is 10.4 Å². The van der Waals surface area contributed by atoms with E-state index in [0.717, 1.165) is 36.1 Å². The van der Waals surface area contributed by atoms with Crippen LogP contribution < -0.4 is 10.6 Å². The van der Waals surface area contributed by atoms with Crippen molar-refractivity contribution in [3.05, 3.63) is 99.1 Å². The second-order valence-electron chi connectivity index (χ2n) is 10.2. The number of likely N-dealkylation sites (N-methyl/N-ethyl adjacent to an activating group) is 1. The maximum absolute atomic E-state index is 14.0. The molecule has 0 atom stereocenters. The molecule has 5 rings (SSSR count). The van der Waals surface area contributed by atoms with Crippen molar-refractivity contribution in [2.75, 3.05) is 43.4 Å². The molecule has 2 amide bonds. The summed E-state index contributed by atoms with van der Waals surface area (Å²) in [6, 6.07) is 14.1. The van der Waals surface area contributed by atoms with Gasteiger partial charge in [-0.15, -0.1) is 11.3 Å². The van der Waals surface area contributed by atoms with Crippen LogP contribution in [0.4, 0.5) is 24.5 Å². The standard InChI is InChI=1S/C31H29BrF3N5O2S/c1-2-39-7-9-40(10-8-39)19-20-5-6-25(16-27(20)31(33,34)35)37-29(41)21-13-24(32)15-26(14-21)38-30(42)23-12-22(17-36-18-23)28-4-3-11-43-28/h3-6,11-18H,2,7-10,19H2,1H3,(H,37,41)(H,38,42). The van der Waals surface area contributed by atoms with Gasteiger partial charge in [0.05, 0.1) is 11.1 Å². The van der Waals surface area contributed by atoms with Crippen molar-refractivity contribution in [2.45, 2.75) is 19.6 Å². The molecule has 0 saturated carbocycles. The minimum Gasteiger partial charge on any atom is -0.322 e. The molecule has 12 heteroatoms. The van der Waals surface area contributed by atoms with Gasteiger partial charge in [-0.2, -0.15) is 13.2 Å². The molecule has 1 aliphatic heterocycles. The molecule has 2 aromatic carbocycles. The Morgan fingerprint density at radius 1 is 0.907 bits per heavy atom. The summed E-state index contributed by atoms with van der Waals surface area (Å²) in [6.45, 7) is 6.20. The van der Waals surface area contributed by atoms with E-state index in [2.05, 4.69) is 43.4 Å². The molecule has 0 radical (unpaired) electrons. The summed E-state index contributed by atoms with van der Waals surface area (Å²) < 4.78 is 42.6. The highest BCUT2D eigenvalue weighted by atomic mass is 79.9. The zero-order valence-corrected chi connectivity index (χ0v) is 25.7. The van der Waals surface area contributed by atoms with Crippen LogP contribution in [-0.4, -0.2) is 59.3 Å². The van der Waals surface area contributed by atoms with Crippen molar-refractivity contribution in [2.24, 2.45) is 0 Å². The molecule has 0 aliphatic carbocycles. The average molecular weight is 673 g/mol. The minimum atomic E-state index is -4.58. The highest BCUT2D eigenvalue weighted by Crippen LogP contribution is 2.35. The molecule has 43 heavy (non-hydrogen) atoms. The number of carbonyl (C=O) groups is 2. The molecule has 1 saturated heterocycles. The van der Waals surface area contributed by atoms with Gasteiger partial charge in [0.15, 0.2) is 0 Å². The van der Waals surface area contributed by atoms with Gasteiger partial charge in [-0.1, -0.05) is 35.0 Å². The molecule has 2 aromatic heterocycles. The average Bonchev–Trinajstić information content (AvgIpc) is 3.53. The van der Waals surface area contributed by atoms with Crippen molar-refractivity contribution in [1.82, 2.24) is 14.8 Å². The van der Waals surface area contributed by atoms with Gasteiger partial charge in [0, 0.05) is 77.0 Å². The van der Waals surface area contributed by atoms with Gasteiger partial charge in [0.25, 0.3) is 11.8 Å². The second-order valence-corrected chi connectivity index (χ2v) is 12.0. The van der Waals surface area contributed by atoms with E-state index in [1.165, 1.54) is 41.8 Å². The van der Waals surface area contributed by atoms with Crippen LogP contribution in [0.5, 0.6) is 0 Å². The van der Waals surface area contributed by atoms with E-state index in [-0.39, 0.29) is 23.4 Å². The molecular weight excluding hydrogens is 643 g/mol. The lowest BCUT2D eigenvalue weighted by molar-refractivity contribution is -0.138. The minimum absolute atomic E-state index is 0.0268. The molecule has 1 fully saturated rings. The van der Waals surface area contributed by atoms with Gasteiger partial charge in [-0.3, -0.25) is 19.5 Å². The van der Waals surface area contributed by atoms with E-state index in [0.29, 0.717) is 28.8 Å². The Balaban J connectivity index is 1.29. The molecule has 0 spiro atoms. The number of hydrogen-bond donors (Lipinski definition) is 2.